The summed E-state index contributed by atoms with van der Waals surface area (Å²) in [5, 5.41) is 0. The zero-order valence-electron chi connectivity index (χ0n) is 12.6. The van der Waals surface area contributed by atoms with Crippen molar-refractivity contribution in [1.29, 1.82) is 0 Å². The molecule has 0 aliphatic carbocycles. The summed E-state index contributed by atoms with van der Waals surface area (Å²) in [5.41, 5.74) is 2.14. The van der Waals surface area contributed by atoms with Gasteiger partial charge in [-0.1, -0.05) is 24.3 Å². The van der Waals surface area contributed by atoms with Crippen LogP contribution in [0.3, 0.4) is 0 Å². The Hall–Kier alpha value is -1.39. The predicted octanol–water partition coefficient (Wildman–Crippen LogP) is 1.94. The number of quaternary nitrogens is 1. The molecule has 2 rings (SSSR count). The highest BCUT2D eigenvalue weighted by Crippen LogP contribution is 2.27. The molecule has 4 heteroatoms. The van der Waals surface area contributed by atoms with Gasteiger partial charge in [0.1, 0.15) is 0 Å². The topological polar surface area (TPSA) is 35.5 Å². The standard InChI is InChI=1S/C16H24NO3/c1-17(2,3)10-6-11-20-16(18)15-14-8-5-4-7-13(14)9-12-19-15/h4-5,7-8,15H,6,9-12H2,1-3H3/q+1. The third kappa shape index (κ3) is 4.05. The van der Waals surface area contributed by atoms with Crippen LogP contribution in [0.25, 0.3) is 0 Å². The van der Waals surface area contributed by atoms with Gasteiger partial charge >= 0.3 is 5.97 Å². The van der Waals surface area contributed by atoms with Crippen molar-refractivity contribution in [3.63, 3.8) is 0 Å². The molecule has 0 fully saturated rings. The van der Waals surface area contributed by atoms with Gasteiger partial charge in [-0.05, 0) is 17.5 Å². The lowest BCUT2D eigenvalue weighted by Crippen LogP contribution is -2.36. The molecular weight excluding hydrogens is 254 g/mol. The maximum atomic E-state index is 12.1. The van der Waals surface area contributed by atoms with E-state index in [-0.39, 0.29) is 5.97 Å². The van der Waals surface area contributed by atoms with Gasteiger partial charge in [0, 0.05) is 6.42 Å². The molecule has 4 nitrogen and oxygen atoms in total. The fourth-order valence-corrected chi connectivity index (χ4v) is 2.38. The van der Waals surface area contributed by atoms with Crippen LogP contribution in [0.15, 0.2) is 24.3 Å². The third-order valence-electron chi connectivity index (χ3n) is 3.43. The molecule has 1 aromatic carbocycles. The molecule has 0 saturated heterocycles. The second-order valence-electron chi connectivity index (χ2n) is 6.23. The molecule has 0 aromatic heterocycles. The van der Waals surface area contributed by atoms with Gasteiger partial charge in [-0.15, -0.1) is 0 Å². The molecule has 0 amide bonds. The second kappa shape index (κ2) is 6.37. The fraction of sp³-hybridized carbons (Fsp3) is 0.562. The van der Waals surface area contributed by atoms with Crippen LogP contribution < -0.4 is 0 Å². The molecular formula is C16H24NO3+. The van der Waals surface area contributed by atoms with E-state index in [0.29, 0.717) is 13.2 Å². The van der Waals surface area contributed by atoms with Gasteiger partial charge in [-0.25, -0.2) is 4.79 Å². The predicted molar refractivity (Wildman–Crippen MR) is 77.3 cm³/mol. The molecule has 1 aliphatic rings. The first-order chi connectivity index (χ1) is 9.47. The second-order valence-corrected chi connectivity index (χ2v) is 6.23. The Bertz CT molecular complexity index is 465. The number of carbonyl (C=O) groups excluding carboxylic acids is 1. The zero-order valence-corrected chi connectivity index (χ0v) is 12.6. The Morgan fingerprint density at radius 2 is 2.10 bits per heavy atom. The summed E-state index contributed by atoms with van der Waals surface area (Å²) >= 11 is 0. The van der Waals surface area contributed by atoms with Crippen molar-refractivity contribution in [3.05, 3.63) is 35.4 Å². The van der Waals surface area contributed by atoms with Crippen molar-refractivity contribution in [2.45, 2.75) is 18.9 Å². The first-order valence-corrected chi connectivity index (χ1v) is 7.14. The van der Waals surface area contributed by atoms with Crippen molar-refractivity contribution in [1.82, 2.24) is 0 Å². The van der Waals surface area contributed by atoms with Crippen LogP contribution in [0.2, 0.25) is 0 Å². The molecule has 1 unspecified atom stereocenters. The normalized spacial score (nSPS) is 18.4. The van der Waals surface area contributed by atoms with Crippen LogP contribution >= 0.6 is 0 Å². The molecule has 0 radical (unpaired) electrons. The van der Waals surface area contributed by atoms with Gasteiger partial charge < -0.3 is 14.0 Å². The number of hydrogen-bond acceptors (Lipinski definition) is 3. The Morgan fingerprint density at radius 3 is 2.85 bits per heavy atom. The number of ether oxygens (including phenoxy) is 2. The van der Waals surface area contributed by atoms with E-state index in [1.165, 1.54) is 5.56 Å². The number of hydrogen-bond donors (Lipinski definition) is 0. The summed E-state index contributed by atoms with van der Waals surface area (Å²) in [6, 6.07) is 7.93. The zero-order chi connectivity index (χ0) is 14.6. The number of rotatable bonds is 5. The molecule has 0 bridgehead atoms. The first kappa shape index (κ1) is 15.0. The number of esters is 1. The van der Waals surface area contributed by atoms with E-state index in [9.17, 15) is 4.79 Å². The maximum absolute atomic E-state index is 12.1. The van der Waals surface area contributed by atoms with Gasteiger partial charge in [0.05, 0.1) is 40.9 Å². The maximum Gasteiger partial charge on any atom is 0.339 e. The van der Waals surface area contributed by atoms with Gasteiger partial charge in [0.2, 0.25) is 0 Å². The van der Waals surface area contributed by atoms with Crippen molar-refractivity contribution >= 4 is 5.97 Å². The minimum atomic E-state index is -0.552. The van der Waals surface area contributed by atoms with Crippen LogP contribution in [0, 0.1) is 0 Å². The van der Waals surface area contributed by atoms with E-state index in [2.05, 4.69) is 27.2 Å². The summed E-state index contributed by atoms with van der Waals surface area (Å²) in [6.07, 6.45) is 1.18. The molecule has 0 N–H and O–H groups in total. The highest BCUT2D eigenvalue weighted by molar-refractivity contribution is 5.77. The van der Waals surface area contributed by atoms with Crippen molar-refractivity contribution in [3.8, 4) is 0 Å². The van der Waals surface area contributed by atoms with Crippen LogP contribution in [0.5, 0.6) is 0 Å². The van der Waals surface area contributed by atoms with E-state index in [1.54, 1.807) is 0 Å². The monoisotopic (exact) mass is 278 g/mol. The fourth-order valence-electron chi connectivity index (χ4n) is 2.38. The van der Waals surface area contributed by atoms with Crippen LogP contribution in [-0.2, 0) is 20.7 Å². The van der Waals surface area contributed by atoms with Crippen LogP contribution in [-0.4, -0.2) is 51.4 Å². The average molecular weight is 278 g/mol. The van der Waals surface area contributed by atoms with Gasteiger partial charge in [0.15, 0.2) is 6.10 Å². The van der Waals surface area contributed by atoms with Crippen molar-refractivity contribution in [2.75, 3.05) is 40.9 Å². The Kier molecular flexibility index (Phi) is 4.78. The Labute approximate surface area is 120 Å². The van der Waals surface area contributed by atoms with E-state index >= 15 is 0 Å². The molecule has 20 heavy (non-hydrogen) atoms. The summed E-state index contributed by atoms with van der Waals surface area (Å²) in [4.78, 5) is 12.1. The third-order valence-corrected chi connectivity index (χ3v) is 3.43. The minimum Gasteiger partial charge on any atom is -0.463 e. The SMILES string of the molecule is C[N+](C)(C)CCCOC(=O)C1OCCc2ccccc21. The van der Waals surface area contributed by atoms with Gasteiger partial charge in [0.25, 0.3) is 0 Å². The van der Waals surface area contributed by atoms with E-state index in [4.69, 9.17) is 9.47 Å². The largest absolute Gasteiger partial charge is 0.463 e. The molecule has 1 heterocycles. The van der Waals surface area contributed by atoms with Gasteiger partial charge in [-0.3, -0.25) is 0 Å². The quantitative estimate of drug-likeness (QED) is 0.469. The number of nitrogens with zero attached hydrogens (tertiary/aromatic N) is 1. The molecule has 1 aliphatic heterocycles. The lowest BCUT2D eigenvalue weighted by molar-refractivity contribution is -0.870. The molecule has 1 aromatic rings. The molecule has 1 atom stereocenters. The van der Waals surface area contributed by atoms with E-state index in [0.717, 1.165) is 29.4 Å². The number of fused-ring (bicyclic) bond motifs is 1. The summed E-state index contributed by atoms with van der Waals surface area (Å²) in [5.74, 6) is -0.265. The highest BCUT2D eigenvalue weighted by atomic mass is 16.6. The Morgan fingerprint density at radius 1 is 1.35 bits per heavy atom. The molecule has 0 spiro atoms. The molecule has 0 saturated carbocycles. The summed E-state index contributed by atoms with van der Waals surface area (Å²) in [7, 11) is 6.38. The highest BCUT2D eigenvalue weighted by Gasteiger charge is 2.28. The Balaban J connectivity index is 1.88. The van der Waals surface area contributed by atoms with E-state index < -0.39 is 6.10 Å². The summed E-state index contributed by atoms with van der Waals surface area (Å²) in [6.45, 7) is 2.02. The summed E-state index contributed by atoms with van der Waals surface area (Å²) < 4.78 is 11.8. The smallest absolute Gasteiger partial charge is 0.339 e. The number of carbonyl (C=O) groups is 1. The minimum absolute atomic E-state index is 0.265. The van der Waals surface area contributed by atoms with Gasteiger partial charge in [-0.2, -0.15) is 0 Å². The van der Waals surface area contributed by atoms with E-state index in [1.807, 2.05) is 18.2 Å². The van der Waals surface area contributed by atoms with Crippen LogP contribution in [0.1, 0.15) is 23.7 Å². The van der Waals surface area contributed by atoms with Crippen molar-refractivity contribution in [2.24, 2.45) is 0 Å². The lowest BCUT2D eigenvalue weighted by atomic mass is 9.98. The van der Waals surface area contributed by atoms with Crippen molar-refractivity contribution < 1.29 is 18.8 Å². The first-order valence-electron chi connectivity index (χ1n) is 7.14. The molecule has 110 valence electrons. The number of benzene rings is 1. The van der Waals surface area contributed by atoms with Crippen LogP contribution in [0.4, 0.5) is 0 Å². The average Bonchev–Trinajstić information content (AvgIpc) is 2.41. The lowest BCUT2D eigenvalue weighted by Gasteiger charge is -2.25.